The van der Waals surface area contributed by atoms with Gasteiger partial charge in [0, 0.05) is 50.4 Å². The predicted molar refractivity (Wildman–Crippen MR) is 93.4 cm³/mol. The van der Waals surface area contributed by atoms with Gasteiger partial charge in [-0.2, -0.15) is 0 Å². The zero-order chi connectivity index (χ0) is 16.9. The van der Waals surface area contributed by atoms with E-state index in [1.54, 1.807) is 24.3 Å². The van der Waals surface area contributed by atoms with Crippen molar-refractivity contribution in [2.24, 2.45) is 0 Å². The Balaban J connectivity index is 1.77. The summed E-state index contributed by atoms with van der Waals surface area (Å²) in [5, 5.41) is 0.555. The molecule has 0 unspecified atom stereocenters. The molecular formula is C18H23N3O3. The van der Waals surface area contributed by atoms with E-state index in [2.05, 4.69) is 9.88 Å². The summed E-state index contributed by atoms with van der Waals surface area (Å²) in [5.41, 5.74) is 0.773. The van der Waals surface area contributed by atoms with Gasteiger partial charge < -0.3 is 14.6 Å². The Hall–Kier alpha value is -2.18. The van der Waals surface area contributed by atoms with Crippen molar-refractivity contribution < 1.29 is 9.53 Å². The van der Waals surface area contributed by atoms with Crippen molar-refractivity contribution in [3.05, 3.63) is 46.2 Å². The van der Waals surface area contributed by atoms with Gasteiger partial charge in [-0.3, -0.25) is 14.5 Å². The van der Waals surface area contributed by atoms with Crippen LogP contribution in [0.5, 0.6) is 0 Å². The molecule has 1 fully saturated rings. The van der Waals surface area contributed by atoms with Crippen LogP contribution in [0.4, 0.5) is 0 Å². The molecule has 1 N–H and O–H groups in total. The average molecular weight is 329 g/mol. The molecule has 1 aromatic heterocycles. The lowest BCUT2D eigenvalue weighted by Gasteiger charge is -2.21. The Kier molecular flexibility index (Phi) is 5.27. The third-order valence-corrected chi connectivity index (χ3v) is 4.51. The molecule has 1 aliphatic rings. The van der Waals surface area contributed by atoms with Crippen molar-refractivity contribution in [1.29, 1.82) is 0 Å². The lowest BCUT2D eigenvalue weighted by atomic mass is 10.1. The van der Waals surface area contributed by atoms with Gasteiger partial charge in [-0.1, -0.05) is 12.1 Å². The molecule has 1 saturated heterocycles. The number of methoxy groups -OCH3 is 1. The van der Waals surface area contributed by atoms with Crippen molar-refractivity contribution in [3.8, 4) is 0 Å². The van der Waals surface area contributed by atoms with Gasteiger partial charge in [-0.05, 0) is 25.1 Å². The number of ether oxygens (including phenoxy) is 1. The number of nitrogens with one attached hydrogen (secondary N) is 1. The number of amides is 1. The number of nitrogens with zero attached hydrogens (tertiary/aromatic N) is 2. The quantitative estimate of drug-likeness (QED) is 0.919. The molecular weight excluding hydrogens is 306 g/mol. The van der Waals surface area contributed by atoms with E-state index in [1.807, 2.05) is 18.2 Å². The summed E-state index contributed by atoms with van der Waals surface area (Å²) in [6, 6.07) is 7.26. The van der Waals surface area contributed by atoms with Gasteiger partial charge in [-0.25, -0.2) is 0 Å². The molecule has 1 amide bonds. The Morgan fingerprint density at radius 3 is 2.88 bits per heavy atom. The standard InChI is InChI=1S/C18H23N3O3/c1-24-12-11-20-7-4-8-21(10-9-20)18(23)15-13-19-16-6-3-2-5-14(16)17(15)22/h2-3,5-6,13H,4,7-12H2,1H3,(H,19,22). The Morgan fingerprint density at radius 1 is 1.21 bits per heavy atom. The summed E-state index contributed by atoms with van der Waals surface area (Å²) in [5.74, 6) is -0.185. The Bertz CT molecular complexity index is 771. The molecule has 0 radical (unpaired) electrons. The van der Waals surface area contributed by atoms with Crippen molar-refractivity contribution in [3.63, 3.8) is 0 Å². The van der Waals surface area contributed by atoms with Crippen LogP contribution in [0.3, 0.4) is 0 Å². The lowest BCUT2D eigenvalue weighted by molar-refractivity contribution is 0.0757. The highest BCUT2D eigenvalue weighted by Gasteiger charge is 2.22. The molecule has 2 aromatic rings. The second-order valence-corrected chi connectivity index (χ2v) is 6.06. The molecule has 0 atom stereocenters. The number of aromatic amines is 1. The van der Waals surface area contributed by atoms with Gasteiger partial charge in [-0.15, -0.1) is 0 Å². The first-order chi connectivity index (χ1) is 11.7. The number of pyridine rings is 1. The number of para-hydroxylation sites is 1. The van der Waals surface area contributed by atoms with Crippen LogP contribution >= 0.6 is 0 Å². The van der Waals surface area contributed by atoms with E-state index in [4.69, 9.17) is 4.74 Å². The zero-order valence-corrected chi connectivity index (χ0v) is 14.0. The molecule has 6 nitrogen and oxygen atoms in total. The van der Waals surface area contributed by atoms with Crippen LogP contribution in [0.15, 0.2) is 35.3 Å². The maximum Gasteiger partial charge on any atom is 0.259 e. The average Bonchev–Trinajstić information content (AvgIpc) is 2.85. The number of aromatic nitrogens is 1. The van der Waals surface area contributed by atoms with Crippen LogP contribution in [-0.4, -0.2) is 67.1 Å². The van der Waals surface area contributed by atoms with E-state index in [0.717, 1.165) is 31.6 Å². The molecule has 1 aliphatic heterocycles. The minimum atomic E-state index is -0.199. The van der Waals surface area contributed by atoms with Gasteiger partial charge in [0.1, 0.15) is 5.56 Å². The number of hydrogen-bond acceptors (Lipinski definition) is 4. The third kappa shape index (κ3) is 3.49. The first-order valence-electron chi connectivity index (χ1n) is 8.31. The fourth-order valence-corrected chi connectivity index (χ4v) is 3.11. The van der Waals surface area contributed by atoms with E-state index >= 15 is 0 Å². The van der Waals surface area contributed by atoms with Crippen LogP contribution < -0.4 is 5.43 Å². The largest absolute Gasteiger partial charge is 0.383 e. The lowest BCUT2D eigenvalue weighted by Crippen LogP contribution is -2.38. The van der Waals surface area contributed by atoms with E-state index in [1.165, 1.54) is 0 Å². The second kappa shape index (κ2) is 7.59. The number of fused-ring (bicyclic) bond motifs is 1. The van der Waals surface area contributed by atoms with Gasteiger partial charge in [0.05, 0.1) is 6.61 Å². The van der Waals surface area contributed by atoms with E-state index in [9.17, 15) is 9.59 Å². The molecule has 6 heteroatoms. The highest BCUT2D eigenvalue weighted by molar-refractivity contribution is 5.97. The fraction of sp³-hybridized carbons (Fsp3) is 0.444. The van der Waals surface area contributed by atoms with Crippen molar-refractivity contribution in [1.82, 2.24) is 14.8 Å². The number of carbonyl (C=O) groups is 1. The van der Waals surface area contributed by atoms with Gasteiger partial charge in [0.2, 0.25) is 5.43 Å². The van der Waals surface area contributed by atoms with E-state index in [0.29, 0.717) is 25.1 Å². The van der Waals surface area contributed by atoms with E-state index in [-0.39, 0.29) is 16.9 Å². The normalized spacial score (nSPS) is 16.3. The van der Waals surface area contributed by atoms with Crippen molar-refractivity contribution >= 4 is 16.8 Å². The minimum absolute atomic E-state index is 0.185. The first kappa shape index (κ1) is 16.7. The summed E-state index contributed by atoms with van der Waals surface area (Å²) in [6.45, 7) is 4.62. The summed E-state index contributed by atoms with van der Waals surface area (Å²) in [4.78, 5) is 32.5. The summed E-state index contributed by atoms with van der Waals surface area (Å²) in [7, 11) is 1.69. The van der Waals surface area contributed by atoms with Crippen LogP contribution in [-0.2, 0) is 4.74 Å². The monoisotopic (exact) mass is 329 g/mol. The number of hydrogen-bond donors (Lipinski definition) is 1. The minimum Gasteiger partial charge on any atom is -0.383 e. The SMILES string of the molecule is COCCN1CCCN(C(=O)c2c[nH]c3ccccc3c2=O)CC1. The van der Waals surface area contributed by atoms with Crippen LogP contribution in [0.25, 0.3) is 10.9 Å². The maximum absolute atomic E-state index is 12.8. The van der Waals surface area contributed by atoms with Crippen LogP contribution in [0, 0.1) is 0 Å². The first-order valence-corrected chi connectivity index (χ1v) is 8.31. The Morgan fingerprint density at radius 2 is 2.04 bits per heavy atom. The molecule has 0 bridgehead atoms. The molecule has 0 saturated carbocycles. The van der Waals surface area contributed by atoms with Gasteiger partial charge in [0.15, 0.2) is 0 Å². The van der Waals surface area contributed by atoms with E-state index < -0.39 is 0 Å². The molecule has 0 aliphatic carbocycles. The summed E-state index contributed by atoms with van der Waals surface area (Å²) < 4.78 is 5.12. The second-order valence-electron chi connectivity index (χ2n) is 6.06. The predicted octanol–water partition coefficient (Wildman–Crippen LogP) is 1.32. The number of carbonyl (C=O) groups excluding carboxylic acids is 1. The molecule has 24 heavy (non-hydrogen) atoms. The fourth-order valence-electron chi connectivity index (χ4n) is 3.11. The third-order valence-electron chi connectivity index (χ3n) is 4.51. The molecule has 2 heterocycles. The van der Waals surface area contributed by atoms with Gasteiger partial charge in [0.25, 0.3) is 5.91 Å². The highest BCUT2D eigenvalue weighted by atomic mass is 16.5. The number of rotatable bonds is 4. The summed E-state index contributed by atoms with van der Waals surface area (Å²) >= 11 is 0. The molecule has 0 spiro atoms. The van der Waals surface area contributed by atoms with Crippen molar-refractivity contribution in [2.45, 2.75) is 6.42 Å². The highest BCUT2D eigenvalue weighted by Crippen LogP contribution is 2.10. The topological polar surface area (TPSA) is 65.6 Å². The smallest absolute Gasteiger partial charge is 0.259 e. The van der Waals surface area contributed by atoms with Crippen molar-refractivity contribution in [2.75, 3.05) is 46.4 Å². The van der Waals surface area contributed by atoms with Crippen LogP contribution in [0.1, 0.15) is 16.8 Å². The maximum atomic E-state index is 12.8. The number of benzene rings is 1. The number of H-pyrrole nitrogens is 1. The summed E-state index contributed by atoms with van der Waals surface area (Å²) in [6.07, 6.45) is 2.45. The molecule has 3 rings (SSSR count). The zero-order valence-electron chi connectivity index (χ0n) is 14.0. The molecule has 128 valence electrons. The van der Waals surface area contributed by atoms with Crippen LogP contribution in [0.2, 0.25) is 0 Å². The Labute approximate surface area is 141 Å². The van der Waals surface area contributed by atoms with Gasteiger partial charge >= 0.3 is 0 Å². The molecule has 1 aromatic carbocycles.